The van der Waals surface area contributed by atoms with Crippen LogP contribution in [0.25, 0.3) is 0 Å². The molecule has 0 amide bonds. The topological polar surface area (TPSA) is 18.5 Å². The van der Waals surface area contributed by atoms with Crippen molar-refractivity contribution in [3.8, 4) is 0 Å². The SMILES string of the molecule is CCO[Si](C(C)C)(C(C)C)C1CCCO1. The van der Waals surface area contributed by atoms with E-state index in [-0.39, 0.29) is 0 Å². The Balaban J connectivity index is 2.89. The second kappa shape index (κ2) is 5.46. The molecule has 0 saturated carbocycles. The van der Waals surface area contributed by atoms with E-state index in [1.165, 1.54) is 12.8 Å². The maximum Gasteiger partial charge on any atom is 0.225 e. The van der Waals surface area contributed by atoms with Crippen molar-refractivity contribution in [2.24, 2.45) is 0 Å². The summed E-state index contributed by atoms with van der Waals surface area (Å²) < 4.78 is 12.2. The van der Waals surface area contributed by atoms with Crippen LogP contribution in [0.3, 0.4) is 0 Å². The monoisotopic (exact) mass is 230 g/mol. The third-order valence-electron chi connectivity index (χ3n) is 3.63. The van der Waals surface area contributed by atoms with Crippen molar-refractivity contribution in [1.82, 2.24) is 0 Å². The lowest BCUT2D eigenvalue weighted by molar-refractivity contribution is 0.128. The van der Waals surface area contributed by atoms with Crippen LogP contribution in [0.4, 0.5) is 0 Å². The van der Waals surface area contributed by atoms with Gasteiger partial charge in [0.05, 0.1) is 5.73 Å². The van der Waals surface area contributed by atoms with Crippen LogP contribution >= 0.6 is 0 Å². The summed E-state index contributed by atoms with van der Waals surface area (Å²) in [6.07, 6.45) is 2.43. The van der Waals surface area contributed by atoms with Gasteiger partial charge < -0.3 is 9.16 Å². The molecule has 0 bridgehead atoms. The summed E-state index contributed by atoms with van der Waals surface area (Å²) >= 11 is 0. The fourth-order valence-corrected chi connectivity index (χ4v) is 8.23. The summed E-state index contributed by atoms with van der Waals surface area (Å²) in [5.41, 5.74) is 1.71. The summed E-state index contributed by atoms with van der Waals surface area (Å²) in [7, 11) is -1.74. The largest absolute Gasteiger partial charge is 0.414 e. The predicted octanol–water partition coefficient (Wildman–Crippen LogP) is 3.51. The first-order valence-corrected chi connectivity index (χ1v) is 8.45. The van der Waals surface area contributed by atoms with E-state index in [9.17, 15) is 0 Å². The first-order chi connectivity index (χ1) is 7.05. The van der Waals surface area contributed by atoms with Gasteiger partial charge in [-0.2, -0.15) is 0 Å². The lowest BCUT2D eigenvalue weighted by Crippen LogP contribution is -2.55. The van der Waals surface area contributed by atoms with Gasteiger partial charge in [0.25, 0.3) is 0 Å². The molecule has 0 aromatic carbocycles. The Bertz CT molecular complexity index is 178. The molecule has 2 nitrogen and oxygen atoms in total. The van der Waals surface area contributed by atoms with Crippen LogP contribution in [0.15, 0.2) is 0 Å². The minimum atomic E-state index is -1.74. The molecule has 0 aromatic rings. The number of hydrogen-bond donors (Lipinski definition) is 0. The third-order valence-corrected chi connectivity index (χ3v) is 9.49. The highest BCUT2D eigenvalue weighted by Crippen LogP contribution is 2.40. The fraction of sp³-hybridized carbons (Fsp3) is 1.00. The molecule has 1 aliphatic rings. The Hall–Kier alpha value is 0.137. The lowest BCUT2D eigenvalue weighted by Gasteiger charge is -2.42. The van der Waals surface area contributed by atoms with Crippen LogP contribution in [0, 0.1) is 0 Å². The van der Waals surface area contributed by atoms with E-state index < -0.39 is 8.32 Å². The summed E-state index contributed by atoms with van der Waals surface area (Å²) in [4.78, 5) is 0. The van der Waals surface area contributed by atoms with E-state index in [2.05, 4.69) is 34.6 Å². The zero-order valence-electron chi connectivity index (χ0n) is 10.9. The van der Waals surface area contributed by atoms with Gasteiger partial charge in [-0.3, -0.25) is 0 Å². The van der Waals surface area contributed by atoms with Gasteiger partial charge >= 0.3 is 0 Å². The molecule has 3 heteroatoms. The minimum Gasteiger partial charge on any atom is -0.414 e. The van der Waals surface area contributed by atoms with Crippen molar-refractivity contribution >= 4 is 8.32 Å². The van der Waals surface area contributed by atoms with E-state index in [0.717, 1.165) is 13.2 Å². The highest BCUT2D eigenvalue weighted by molar-refractivity contribution is 6.77. The van der Waals surface area contributed by atoms with Crippen molar-refractivity contribution in [1.29, 1.82) is 0 Å². The smallest absolute Gasteiger partial charge is 0.225 e. The molecule has 15 heavy (non-hydrogen) atoms. The molecule has 0 aliphatic carbocycles. The zero-order chi connectivity index (χ0) is 11.5. The van der Waals surface area contributed by atoms with E-state index in [0.29, 0.717) is 16.8 Å². The molecule has 0 radical (unpaired) electrons. The van der Waals surface area contributed by atoms with E-state index in [1.54, 1.807) is 0 Å². The lowest BCUT2D eigenvalue weighted by atomic mass is 10.4. The van der Waals surface area contributed by atoms with E-state index in [1.807, 2.05) is 0 Å². The normalized spacial score (nSPS) is 23.0. The second-order valence-corrected chi connectivity index (χ2v) is 10.0. The first-order valence-electron chi connectivity index (χ1n) is 6.31. The Morgan fingerprint density at radius 1 is 1.27 bits per heavy atom. The maximum absolute atomic E-state index is 6.25. The van der Waals surface area contributed by atoms with Gasteiger partial charge in [0.2, 0.25) is 8.32 Å². The number of ether oxygens (including phenoxy) is 1. The van der Waals surface area contributed by atoms with E-state index >= 15 is 0 Å². The molecule has 1 saturated heterocycles. The van der Waals surface area contributed by atoms with Gasteiger partial charge in [-0.15, -0.1) is 0 Å². The van der Waals surface area contributed by atoms with Gasteiger partial charge in [-0.05, 0) is 30.8 Å². The highest BCUT2D eigenvalue weighted by atomic mass is 28.4. The van der Waals surface area contributed by atoms with Crippen LogP contribution < -0.4 is 0 Å². The summed E-state index contributed by atoms with van der Waals surface area (Å²) in [5, 5.41) is 0. The van der Waals surface area contributed by atoms with Gasteiger partial charge in [0.15, 0.2) is 0 Å². The molecule has 90 valence electrons. The molecule has 0 N–H and O–H groups in total. The van der Waals surface area contributed by atoms with Crippen molar-refractivity contribution in [2.75, 3.05) is 13.2 Å². The second-order valence-electron chi connectivity index (χ2n) is 5.10. The maximum atomic E-state index is 6.25. The van der Waals surface area contributed by atoms with Crippen LogP contribution in [0.2, 0.25) is 11.1 Å². The molecule has 1 unspecified atom stereocenters. The van der Waals surface area contributed by atoms with Crippen molar-refractivity contribution in [2.45, 2.75) is 64.3 Å². The Labute approximate surface area is 95.5 Å². The molecule has 1 fully saturated rings. The van der Waals surface area contributed by atoms with Crippen molar-refractivity contribution in [3.63, 3.8) is 0 Å². The summed E-state index contributed by atoms with van der Waals surface area (Å²) in [6, 6.07) is 0. The van der Waals surface area contributed by atoms with Gasteiger partial charge in [0.1, 0.15) is 0 Å². The average molecular weight is 230 g/mol. The standard InChI is InChI=1S/C12H26O2Si/c1-6-14-15(10(2)3,11(4)5)12-8-7-9-13-12/h10-12H,6-9H2,1-5H3. The summed E-state index contributed by atoms with van der Waals surface area (Å²) in [5.74, 6) is 0. The quantitative estimate of drug-likeness (QED) is 0.673. The number of rotatable bonds is 5. The Kier molecular flexibility index (Phi) is 4.81. The minimum absolute atomic E-state index is 0.428. The molecule has 0 spiro atoms. The molecular formula is C12H26O2Si. The van der Waals surface area contributed by atoms with Crippen LogP contribution in [0.5, 0.6) is 0 Å². The Morgan fingerprint density at radius 2 is 1.87 bits per heavy atom. The van der Waals surface area contributed by atoms with Gasteiger partial charge in [0, 0.05) is 13.2 Å². The van der Waals surface area contributed by atoms with Crippen LogP contribution in [-0.4, -0.2) is 27.3 Å². The fourth-order valence-electron chi connectivity index (χ4n) is 3.02. The molecule has 0 aromatic heterocycles. The zero-order valence-corrected chi connectivity index (χ0v) is 11.9. The van der Waals surface area contributed by atoms with Crippen molar-refractivity contribution < 1.29 is 9.16 Å². The molecule has 1 atom stereocenters. The molecule has 1 rings (SSSR count). The molecule has 1 heterocycles. The Morgan fingerprint density at radius 3 is 2.20 bits per heavy atom. The molecular weight excluding hydrogens is 204 g/mol. The van der Waals surface area contributed by atoms with Crippen LogP contribution in [-0.2, 0) is 9.16 Å². The first kappa shape index (κ1) is 13.2. The van der Waals surface area contributed by atoms with Gasteiger partial charge in [-0.25, -0.2) is 0 Å². The molecule has 1 aliphatic heterocycles. The highest BCUT2D eigenvalue weighted by Gasteiger charge is 2.50. The predicted molar refractivity (Wildman–Crippen MR) is 66.6 cm³/mol. The van der Waals surface area contributed by atoms with E-state index in [4.69, 9.17) is 9.16 Å². The average Bonchev–Trinajstić information content (AvgIpc) is 2.65. The number of hydrogen-bond acceptors (Lipinski definition) is 2. The van der Waals surface area contributed by atoms with Gasteiger partial charge in [-0.1, -0.05) is 27.7 Å². The summed E-state index contributed by atoms with van der Waals surface area (Å²) in [6.45, 7) is 13.1. The third kappa shape index (κ3) is 2.45. The van der Waals surface area contributed by atoms with Crippen molar-refractivity contribution in [3.05, 3.63) is 0 Å². The van der Waals surface area contributed by atoms with Crippen LogP contribution in [0.1, 0.15) is 47.5 Å².